The number of likely N-dealkylation sites (tertiary alicyclic amines) is 1. The Balaban J connectivity index is 1.35. The normalized spacial score (nSPS) is 16.0. The van der Waals surface area contributed by atoms with Crippen LogP contribution in [0, 0.1) is 0 Å². The lowest BCUT2D eigenvalue weighted by molar-refractivity contribution is -0.125. The Hall–Kier alpha value is -3.85. The van der Waals surface area contributed by atoms with Gasteiger partial charge in [-0.1, -0.05) is 41.9 Å². The molecule has 10 heteroatoms. The van der Waals surface area contributed by atoms with Gasteiger partial charge in [0.05, 0.1) is 26.2 Å². The van der Waals surface area contributed by atoms with Crippen LogP contribution in [0.25, 0.3) is 0 Å². The van der Waals surface area contributed by atoms with E-state index in [1.165, 1.54) is 0 Å². The lowest BCUT2D eigenvalue weighted by atomic mass is 9.74. The molecule has 0 unspecified atom stereocenters. The number of carbonyl (C=O) groups excluding carboxylic acids is 2. The Bertz CT molecular complexity index is 1310. The summed E-state index contributed by atoms with van der Waals surface area (Å²) >= 11 is 6.22. The van der Waals surface area contributed by atoms with Crippen LogP contribution in [-0.4, -0.2) is 54.4 Å². The van der Waals surface area contributed by atoms with Crippen molar-refractivity contribution in [2.24, 2.45) is 0 Å². The zero-order valence-electron chi connectivity index (χ0n) is 20.6. The fraction of sp³-hybridized carbons (Fsp3) is 0.333. The van der Waals surface area contributed by atoms with Gasteiger partial charge in [-0.25, -0.2) is 4.79 Å². The number of piperidine rings is 1. The quantitative estimate of drug-likeness (QED) is 0.474. The van der Waals surface area contributed by atoms with E-state index in [-0.39, 0.29) is 24.2 Å². The number of anilines is 1. The monoisotopic (exact) mass is 522 g/mol. The van der Waals surface area contributed by atoms with Crippen molar-refractivity contribution in [3.05, 3.63) is 76.4 Å². The first kappa shape index (κ1) is 24.8. The second-order valence-corrected chi connectivity index (χ2v) is 9.47. The molecule has 5 rings (SSSR count). The van der Waals surface area contributed by atoms with E-state index in [9.17, 15) is 9.59 Å². The number of rotatable bonds is 6. The van der Waals surface area contributed by atoms with E-state index in [2.05, 4.69) is 10.2 Å². The minimum atomic E-state index is -0.842. The third-order valence-corrected chi connectivity index (χ3v) is 7.26. The Labute approximate surface area is 219 Å². The summed E-state index contributed by atoms with van der Waals surface area (Å²) in [4.78, 5) is 30.0. The van der Waals surface area contributed by atoms with Gasteiger partial charge in [0.25, 0.3) is 0 Å². The highest BCUT2D eigenvalue weighted by Gasteiger charge is 2.54. The zero-order chi connectivity index (χ0) is 26.0. The average molecular weight is 523 g/mol. The smallest absolute Gasteiger partial charge is 0.410 e. The molecule has 2 amide bonds. The summed E-state index contributed by atoms with van der Waals surface area (Å²) in [6.45, 7) is 1.20. The molecular weight excluding hydrogens is 496 g/mol. The molecule has 0 radical (unpaired) electrons. The van der Waals surface area contributed by atoms with Gasteiger partial charge in [0, 0.05) is 30.3 Å². The van der Waals surface area contributed by atoms with Crippen molar-refractivity contribution in [1.82, 2.24) is 15.1 Å². The van der Waals surface area contributed by atoms with E-state index in [1.807, 2.05) is 42.5 Å². The molecule has 192 valence electrons. The molecule has 37 heavy (non-hydrogen) atoms. The van der Waals surface area contributed by atoms with Crippen LogP contribution in [0.2, 0.25) is 5.15 Å². The maximum Gasteiger partial charge on any atom is 0.410 e. The molecule has 0 atom stereocenters. The number of fused-ring (bicyclic) bond motifs is 2. The number of aromatic nitrogens is 2. The SMILES string of the molecule is COc1ccc(CN2C(=O)C3(CCN(C(=O)OCc4ccccc4)CC3)c3cc(Cl)nnc32)c(OC)c1. The fourth-order valence-corrected chi connectivity index (χ4v) is 5.19. The van der Waals surface area contributed by atoms with Gasteiger partial charge >= 0.3 is 6.09 Å². The maximum absolute atomic E-state index is 14.0. The van der Waals surface area contributed by atoms with Crippen LogP contribution < -0.4 is 14.4 Å². The van der Waals surface area contributed by atoms with Crippen LogP contribution in [0.3, 0.4) is 0 Å². The van der Waals surface area contributed by atoms with Gasteiger partial charge in [0.15, 0.2) is 11.0 Å². The Morgan fingerprint density at radius 2 is 1.78 bits per heavy atom. The van der Waals surface area contributed by atoms with Gasteiger partial charge in [0.2, 0.25) is 5.91 Å². The summed E-state index contributed by atoms with van der Waals surface area (Å²) in [6, 6.07) is 16.7. The number of nitrogens with zero attached hydrogens (tertiary/aromatic N) is 4. The van der Waals surface area contributed by atoms with E-state index in [4.69, 9.17) is 25.8 Å². The van der Waals surface area contributed by atoms with Crippen LogP contribution in [0.15, 0.2) is 54.6 Å². The van der Waals surface area contributed by atoms with Crippen LogP contribution >= 0.6 is 11.6 Å². The van der Waals surface area contributed by atoms with Crippen molar-refractivity contribution in [3.8, 4) is 11.5 Å². The molecule has 3 aromatic rings. The van der Waals surface area contributed by atoms with Crippen LogP contribution in [0.1, 0.15) is 29.5 Å². The van der Waals surface area contributed by atoms with E-state index >= 15 is 0 Å². The topological polar surface area (TPSA) is 94.1 Å². The molecule has 9 nitrogen and oxygen atoms in total. The molecule has 0 aliphatic carbocycles. The number of hydrogen-bond acceptors (Lipinski definition) is 7. The molecule has 2 aliphatic heterocycles. The number of amides is 2. The predicted molar refractivity (Wildman–Crippen MR) is 137 cm³/mol. The van der Waals surface area contributed by atoms with Crippen molar-refractivity contribution in [1.29, 1.82) is 0 Å². The summed E-state index contributed by atoms with van der Waals surface area (Å²) in [5.41, 5.74) is 1.62. The first-order chi connectivity index (χ1) is 17.9. The maximum atomic E-state index is 14.0. The van der Waals surface area contributed by atoms with Crippen molar-refractivity contribution in [2.45, 2.75) is 31.4 Å². The number of halogens is 1. The number of ether oxygens (including phenoxy) is 3. The Kier molecular flexibility index (Phi) is 6.88. The number of carbonyl (C=O) groups is 2. The van der Waals surface area contributed by atoms with Crippen molar-refractivity contribution < 1.29 is 23.8 Å². The second kappa shape index (κ2) is 10.3. The highest BCUT2D eigenvalue weighted by molar-refractivity contribution is 6.29. The highest BCUT2D eigenvalue weighted by Crippen LogP contribution is 2.48. The number of benzene rings is 2. The molecule has 2 aromatic carbocycles. The summed E-state index contributed by atoms with van der Waals surface area (Å²) in [6.07, 6.45) is 0.463. The summed E-state index contributed by atoms with van der Waals surface area (Å²) in [5.74, 6) is 1.65. The zero-order valence-corrected chi connectivity index (χ0v) is 21.4. The lowest BCUT2D eigenvalue weighted by Gasteiger charge is -2.37. The van der Waals surface area contributed by atoms with Gasteiger partial charge in [-0.3, -0.25) is 9.69 Å². The largest absolute Gasteiger partial charge is 0.497 e. The van der Waals surface area contributed by atoms with Gasteiger partial charge < -0.3 is 19.1 Å². The molecule has 3 heterocycles. The lowest BCUT2D eigenvalue weighted by Crippen LogP contribution is -2.50. The molecule has 0 bridgehead atoms. The van der Waals surface area contributed by atoms with E-state index < -0.39 is 11.5 Å². The second-order valence-electron chi connectivity index (χ2n) is 9.08. The van der Waals surface area contributed by atoms with Gasteiger partial charge in [0.1, 0.15) is 18.1 Å². The Morgan fingerprint density at radius 3 is 2.49 bits per heavy atom. The first-order valence-corrected chi connectivity index (χ1v) is 12.3. The first-order valence-electron chi connectivity index (χ1n) is 12.0. The third-order valence-electron chi connectivity index (χ3n) is 7.07. The molecule has 1 spiro atoms. The molecule has 1 saturated heterocycles. The number of hydrogen-bond donors (Lipinski definition) is 0. The minimum absolute atomic E-state index is 0.0887. The van der Waals surface area contributed by atoms with Crippen LogP contribution in [-0.2, 0) is 28.1 Å². The fourth-order valence-electron chi connectivity index (χ4n) is 5.05. The van der Waals surface area contributed by atoms with E-state index in [0.29, 0.717) is 43.2 Å². The average Bonchev–Trinajstić information content (AvgIpc) is 3.15. The van der Waals surface area contributed by atoms with Gasteiger partial charge in [-0.2, -0.15) is 0 Å². The minimum Gasteiger partial charge on any atom is -0.497 e. The third kappa shape index (κ3) is 4.67. The Morgan fingerprint density at radius 1 is 1.03 bits per heavy atom. The molecular formula is C27H27ClN4O5. The summed E-state index contributed by atoms with van der Waals surface area (Å²) in [5, 5.41) is 8.52. The molecule has 0 N–H and O–H groups in total. The molecule has 0 saturated carbocycles. The highest BCUT2D eigenvalue weighted by atomic mass is 35.5. The van der Waals surface area contributed by atoms with Crippen molar-refractivity contribution in [3.63, 3.8) is 0 Å². The molecule has 2 aliphatic rings. The van der Waals surface area contributed by atoms with Crippen LogP contribution in [0.4, 0.5) is 10.6 Å². The van der Waals surface area contributed by atoms with Crippen LogP contribution in [0.5, 0.6) is 11.5 Å². The van der Waals surface area contributed by atoms with E-state index in [0.717, 1.165) is 16.7 Å². The molecule has 1 aromatic heterocycles. The summed E-state index contributed by atoms with van der Waals surface area (Å²) < 4.78 is 16.3. The summed E-state index contributed by atoms with van der Waals surface area (Å²) in [7, 11) is 3.16. The number of methoxy groups -OCH3 is 2. The standard InChI is InChI=1S/C27H27ClN4O5/c1-35-20-9-8-19(22(14-20)36-2)16-32-24-21(15-23(28)29-30-24)27(25(32)33)10-12-31(13-11-27)26(34)37-17-18-6-4-3-5-7-18/h3-9,14-15H,10-13,16-17H2,1-2H3. The van der Waals surface area contributed by atoms with E-state index in [1.54, 1.807) is 36.2 Å². The van der Waals surface area contributed by atoms with Gasteiger partial charge in [-0.05, 0) is 36.6 Å². The van der Waals surface area contributed by atoms with Gasteiger partial charge in [-0.15, -0.1) is 10.2 Å². The predicted octanol–water partition coefficient (Wildman–Crippen LogP) is 4.36. The molecule has 1 fully saturated rings. The van der Waals surface area contributed by atoms with Crippen molar-refractivity contribution >= 4 is 29.4 Å². The van der Waals surface area contributed by atoms with Crippen molar-refractivity contribution in [2.75, 3.05) is 32.2 Å².